The van der Waals surface area contributed by atoms with Gasteiger partial charge >= 0.3 is 0 Å². The van der Waals surface area contributed by atoms with Crippen LogP contribution in [0.15, 0.2) is 0 Å². The van der Waals surface area contributed by atoms with Gasteiger partial charge in [-0.25, -0.2) is 0 Å². The summed E-state index contributed by atoms with van der Waals surface area (Å²) in [6.07, 6.45) is 6.99. The quantitative estimate of drug-likeness (QED) is 0.656. The van der Waals surface area contributed by atoms with Crippen molar-refractivity contribution in [2.24, 2.45) is 11.3 Å². The van der Waals surface area contributed by atoms with Gasteiger partial charge in [0.05, 0.1) is 0 Å². The van der Waals surface area contributed by atoms with Crippen molar-refractivity contribution in [1.82, 2.24) is 9.80 Å². The maximum absolute atomic E-state index is 2.67. The molecule has 1 fully saturated rings. The van der Waals surface area contributed by atoms with Crippen LogP contribution in [0.4, 0.5) is 0 Å². The van der Waals surface area contributed by atoms with Crippen LogP contribution in [0.25, 0.3) is 0 Å². The molecule has 20 heavy (non-hydrogen) atoms. The Kier molecular flexibility index (Phi) is 8.13. The number of piperazine rings is 1. The lowest BCUT2D eigenvalue weighted by molar-refractivity contribution is 0.133. The fourth-order valence-electron chi connectivity index (χ4n) is 3.12. The Morgan fingerprint density at radius 1 is 0.900 bits per heavy atom. The first-order valence-electron chi connectivity index (χ1n) is 8.89. The zero-order valence-corrected chi connectivity index (χ0v) is 14.7. The first-order valence-corrected chi connectivity index (χ1v) is 8.89. The number of hydrogen-bond donors (Lipinski definition) is 0. The van der Waals surface area contributed by atoms with Crippen molar-refractivity contribution < 1.29 is 0 Å². The van der Waals surface area contributed by atoms with E-state index in [1.54, 1.807) is 0 Å². The van der Waals surface area contributed by atoms with Crippen LogP contribution in [0, 0.1) is 11.3 Å². The first kappa shape index (κ1) is 18.0. The highest BCUT2D eigenvalue weighted by Crippen LogP contribution is 2.27. The maximum Gasteiger partial charge on any atom is 0.0110 e. The minimum Gasteiger partial charge on any atom is -0.301 e. The molecule has 0 aromatic carbocycles. The second kappa shape index (κ2) is 9.04. The molecule has 0 aromatic rings. The second-order valence-electron chi connectivity index (χ2n) is 7.79. The SMILES string of the molecule is CC[C@@H](CCCN1CCN(CC)CC1)CCC(C)(C)C. The van der Waals surface area contributed by atoms with Crippen molar-refractivity contribution in [2.75, 3.05) is 39.3 Å². The summed E-state index contributed by atoms with van der Waals surface area (Å²) in [5, 5.41) is 0. The third-order valence-electron chi connectivity index (χ3n) is 4.88. The van der Waals surface area contributed by atoms with Crippen LogP contribution in [-0.2, 0) is 0 Å². The minimum atomic E-state index is 0.504. The molecule has 2 heteroatoms. The Balaban J connectivity index is 2.12. The molecule has 1 saturated heterocycles. The van der Waals surface area contributed by atoms with Crippen LogP contribution in [0.5, 0.6) is 0 Å². The van der Waals surface area contributed by atoms with Gasteiger partial charge in [0, 0.05) is 26.2 Å². The maximum atomic E-state index is 2.67. The number of hydrogen-bond acceptors (Lipinski definition) is 2. The van der Waals surface area contributed by atoms with Crippen molar-refractivity contribution >= 4 is 0 Å². The van der Waals surface area contributed by atoms with E-state index in [1.165, 1.54) is 71.4 Å². The fourth-order valence-corrected chi connectivity index (χ4v) is 3.12. The van der Waals surface area contributed by atoms with Gasteiger partial charge in [-0.1, -0.05) is 41.0 Å². The molecule has 120 valence electrons. The van der Waals surface area contributed by atoms with E-state index in [0.717, 1.165) is 5.92 Å². The van der Waals surface area contributed by atoms with Crippen LogP contribution in [0.2, 0.25) is 0 Å². The lowest BCUT2D eigenvalue weighted by Gasteiger charge is -2.34. The lowest BCUT2D eigenvalue weighted by Crippen LogP contribution is -2.46. The molecular weight excluding hydrogens is 244 g/mol. The molecule has 0 bridgehead atoms. The van der Waals surface area contributed by atoms with Crippen LogP contribution in [0.1, 0.15) is 66.7 Å². The molecule has 0 saturated carbocycles. The average Bonchev–Trinajstić information content (AvgIpc) is 2.42. The Morgan fingerprint density at radius 2 is 1.50 bits per heavy atom. The summed E-state index contributed by atoms with van der Waals surface area (Å²) in [6.45, 7) is 19.4. The molecule has 2 nitrogen and oxygen atoms in total. The van der Waals surface area contributed by atoms with E-state index in [2.05, 4.69) is 44.4 Å². The van der Waals surface area contributed by atoms with Gasteiger partial charge in [0.2, 0.25) is 0 Å². The van der Waals surface area contributed by atoms with E-state index in [1.807, 2.05) is 0 Å². The Hall–Kier alpha value is -0.0800. The van der Waals surface area contributed by atoms with E-state index in [0.29, 0.717) is 5.41 Å². The number of nitrogens with zero attached hydrogens (tertiary/aromatic N) is 2. The number of likely N-dealkylation sites (N-methyl/N-ethyl adjacent to an activating group) is 1. The summed E-state index contributed by atoms with van der Waals surface area (Å²) >= 11 is 0. The van der Waals surface area contributed by atoms with Crippen molar-refractivity contribution in [3.8, 4) is 0 Å². The summed E-state index contributed by atoms with van der Waals surface area (Å²) < 4.78 is 0. The van der Waals surface area contributed by atoms with E-state index in [-0.39, 0.29) is 0 Å². The van der Waals surface area contributed by atoms with E-state index in [4.69, 9.17) is 0 Å². The highest BCUT2D eigenvalue weighted by atomic mass is 15.3. The second-order valence-corrected chi connectivity index (χ2v) is 7.79. The zero-order chi connectivity index (χ0) is 15.0. The Labute approximate surface area is 127 Å². The molecule has 0 radical (unpaired) electrons. The largest absolute Gasteiger partial charge is 0.301 e. The zero-order valence-electron chi connectivity index (χ0n) is 14.7. The fraction of sp³-hybridized carbons (Fsp3) is 1.00. The van der Waals surface area contributed by atoms with Gasteiger partial charge in [-0.3, -0.25) is 0 Å². The standard InChI is InChI=1S/C18H38N2/c1-6-17(10-11-18(3,4)5)9-8-12-20-15-13-19(7-2)14-16-20/h17H,6-16H2,1-5H3/t17-/m0/s1. The molecular formula is C18H38N2. The normalized spacial score (nSPS) is 20.2. The topological polar surface area (TPSA) is 6.48 Å². The van der Waals surface area contributed by atoms with E-state index in [9.17, 15) is 0 Å². The van der Waals surface area contributed by atoms with Gasteiger partial charge in [-0.15, -0.1) is 0 Å². The van der Waals surface area contributed by atoms with Crippen molar-refractivity contribution in [3.05, 3.63) is 0 Å². The monoisotopic (exact) mass is 282 g/mol. The molecule has 0 spiro atoms. The third-order valence-corrected chi connectivity index (χ3v) is 4.88. The third kappa shape index (κ3) is 7.64. The summed E-state index contributed by atoms with van der Waals surface area (Å²) in [5.74, 6) is 0.950. The minimum absolute atomic E-state index is 0.504. The van der Waals surface area contributed by atoms with Gasteiger partial charge in [0.25, 0.3) is 0 Å². The van der Waals surface area contributed by atoms with Crippen LogP contribution in [-0.4, -0.2) is 49.1 Å². The molecule has 0 N–H and O–H groups in total. The molecule has 0 unspecified atom stereocenters. The summed E-state index contributed by atoms with van der Waals surface area (Å²) in [5.41, 5.74) is 0.504. The van der Waals surface area contributed by atoms with Gasteiger partial charge in [-0.05, 0) is 50.1 Å². The average molecular weight is 283 g/mol. The van der Waals surface area contributed by atoms with Crippen LogP contribution >= 0.6 is 0 Å². The van der Waals surface area contributed by atoms with E-state index < -0.39 is 0 Å². The number of rotatable bonds is 8. The van der Waals surface area contributed by atoms with E-state index >= 15 is 0 Å². The Bertz CT molecular complexity index is 236. The summed E-state index contributed by atoms with van der Waals surface area (Å²) in [7, 11) is 0. The first-order chi connectivity index (χ1) is 9.44. The molecule has 1 heterocycles. The van der Waals surface area contributed by atoms with Gasteiger partial charge in [-0.2, -0.15) is 0 Å². The molecule has 1 atom stereocenters. The highest BCUT2D eigenvalue weighted by molar-refractivity contribution is 4.72. The van der Waals surface area contributed by atoms with Crippen molar-refractivity contribution in [3.63, 3.8) is 0 Å². The molecule has 1 aliphatic heterocycles. The van der Waals surface area contributed by atoms with Crippen LogP contribution in [0.3, 0.4) is 0 Å². The van der Waals surface area contributed by atoms with Gasteiger partial charge in [0.15, 0.2) is 0 Å². The smallest absolute Gasteiger partial charge is 0.0110 e. The Morgan fingerprint density at radius 3 is 2.00 bits per heavy atom. The molecule has 1 aliphatic rings. The van der Waals surface area contributed by atoms with Gasteiger partial charge < -0.3 is 9.80 Å². The molecule has 1 rings (SSSR count). The predicted molar refractivity (Wildman–Crippen MR) is 90.3 cm³/mol. The van der Waals surface area contributed by atoms with Gasteiger partial charge in [0.1, 0.15) is 0 Å². The summed E-state index contributed by atoms with van der Waals surface area (Å²) in [4.78, 5) is 5.23. The molecule has 0 amide bonds. The predicted octanol–water partition coefficient (Wildman–Crippen LogP) is 4.26. The summed E-state index contributed by atoms with van der Waals surface area (Å²) in [6, 6.07) is 0. The van der Waals surface area contributed by atoms with Crippen LogP contribution < -0.4 is 0 Å². The van der Waals surface area contributed by atoms with Crippen molar-refractivity contribution in [2.45, 2.75) is 66.7 Å². The van der Waals surface area contributed by atoms with Crippen molar-refractivity contribution in [1.29, 1.82) is 0 Å². The molecule has 0 aliphatic carbocycles. The molecule has 0 aromatic heterocycles. The lowest BCUT2D eigenvalue weighted by atomic mass is 9.84. The highest BCUT2D eigenvalue weighted by Gasteiger charge is 2.17.